The van der Waals surface area contributed by atoms with Gasteiger partial charge in [0.1, 0.15) is 0 Å². The summed E-state index contributed by atoms with van der Waals surface area (Å²) in [6.45, 7) is 11.0. The second-order valence-electron chi connectivity index (χ2n) is 6.88. The lowest BCUT2D eigenvalue weighted by molar-refractivity contribution is 0.295. The van der Waals surface area contributed by atoms with Gasteiger partial charge in [0.05, 0.1) is 30.8 Å². The summed E-state index contributed by atoms with van der Waals surface area (Å²) in [5.41, 5.74) is 3.08. The molecule has 2 rings (SSSR count). The average molecular weight is 446 g/mol. The van der Waals surface area contributed by atoms with Crippen LogP contribution in [-0.2, 0) is 0 Å². The fraction of sp³-hybridized carbons (Fsp3) is 0.591. The molecular weight excluding hydrogens is 409 g/mol. The number of nitrogens with zero attached hydrogens (tertiary/aromatic N) is 2. The number of fused-ring (bicyclic) bond motifs is 1. The molecule has 1 N–H and O–H groups in total. The average Bonchev–Trinajstić information content (AvgIpc) is 2.69. The first-order valence-corrected chi connectivity index (χ1v) is 10.1. The standard InChI is InChI=1S/C22H35N3O2.2ClH/c1-6-25(7-2)15-11-9-8-10-13-23-18-16-19(26-4)22(27-5)20-17(3)12-14-24-21(18)20;;/h12,14,16,23H,6-11,13,15H2,1-5H3;2*1H. The van der Waals surface area contributed by atoms with E-state index >= 15 is 0 Å². The van der Waals surface area contributed by atoms with Crippen LogP contribution < -0.4 is 14.8 Å². The highest BCUT2D eigenvalue weighted by Crippen LogP contribution is 2.40. The molecule has 1 heterocycles. The third-order valence-electron chi connectivity index (χ3n) is 5.18. The van der Waals surface area contributed by atoms with Crippen molar-refractivity contribution < 1.29 is 9.47 Å². The third-order valence-corrected chi connectivity index (χ3v) is 5.18. The Morgan fingerprint density at radius 3 is 2.31 bits per heavy atom. The van der Waals surface area contributed by atoms with Crippen molar-refractivity contribution >= 4 is 41.4 Å². The van der Waals surface area contributed by atoms with Crippen molar-refractivity contribution in [1.82, 2.24) is 9.88 Å². The lowest BCUT2D eigenvalue weighted by Gasteiger charge is -2.18. The summed E-state index contributed by atoms with van der Waals surface area (Å²) in [7, 11) is 3.35. The minimum Gasteiger partial charge on any atom is -0.493 e. The van der Waals surface area contributed by atoms with Gasteiger partial charge in [0.15, 0.2) is 11.5 Å². The first-order valence-electron chi connectivity index (χ1n) is 10.1. The van der Waals surface area contributed by atoms with Gasteiger partial charge in [-0.2, -0.15) is 0 Å². The second kappa shape index (κ2) is 14.5. The molecule has 0 radical (unpaired) electrons. The number of aromatic nitrogens is 1. The monoisotopic (exact) mass is 445 g/mol. The van der Waals surface area contributed by atoms with Gasteiger partial charge < -0.3 is 19.7 Å². The predicted molar refractivity (Wildman–Crippen MR) is 129 cm³/mol. The number of hydrogen-bond acceptors (Lipinski definition) is 5. The molecule has 0 saturated carbocycles. The molecule has 5 nitrogen and oxygen atoms in total. The van der Waals surface area contributed by atoms with Crippen molar-refractivity contribution in [3.63, 3.8) is 0 Å². The summed E-state index contributed by atoms with van der Waals surface area (Å²) in [6.07, 6.45) is 6.80. The molecule has 0 amide bonds. The van der Waals surface area contributed by atoms with Crippen molar-refractivity contribution in [2.24, 2.45) is 0 Å². The minimum absolute atomic E-state index is 0. The normalized spacial score (nSPS) is 10.4. The number of unbranched alkanes of at least 4 members (excludes halogenated alkanes) is 3. The maximum atomic E-state index is 5.60. The molecule has 0 saturated heterocycles. The molecule has 0 aliphatic carbocycles. The van der Waals surface area contributed by atoms with Gasteiger partial charge in [-0.1, -0.05) is 26.7 Å². The molecule has 1 aromatic heterocycles. The lowest BCUT2D eigenvalue weighted by Crippen LogP contribution is -2.23. The molecule has 0 fully saturated rings. The maximum absolute atomic E-state index is 5.60. The van der Waals surface area contributed by atoms with Crippen LogP contribution in [0.4, 0.5) is 5.69 Å². The number of benzene rings is 1. The van der Waals surface area contributed by atoms with Gasteiger partial charge in [0, 0.05) is 18.8 Å². The summed E-state index contributed by atoms with van der Waals surface area (Å²) < 4.78 is 11.1. The van der Waals surface area contributed by atoms with Crippen LogP contribution in [0.15, 0.2) is 18.3 Å². The third kappa shape index (κ3) is 7.40. The van der Waals surface area contributed by atoms with E-state index < -0.39 is 0 Å². The first kappa shape index (κ1) is 27.6. The van der Waals surface area contributed by atoms with E-state index in [9.17, 15) is 0 Å². The first-order chi connectivity index (χ1) is 13.2. The molecule has 1 aromatic carbocycles. The summed E-state index contributed by atoms with van der Waals surface area (Å²) >= 11 is 0. The Labute approximate surface area is 188 Å². The number of halogens is 2. The summed E-state index contributed by atoms with van der Waals surface area (Å²) in [5, 5.41) is 4.57. The molecule has 0 atom stereocenters. The fourth-order valence-electron chi connectivity index (χ4n) is 3.50. The van der Waals surface area contributed by atoms with Crippen molar-refractivity contribution in [2.45, 2.75) is 46.5 Å². The Balaban J connectivity index is 0.00000392. The predicted octanol–water partition coefficient (Wildman–Crippen LogP) is 5.72. The number of pyridine rings is 1. The molecular formula is C22H37Cl2N3O2. The number of anilines is 1. The van der Waals surface area contributed by atoms with Crippen LogP contribution in [0, 0.1) is 6.92 Å². The zero-order chi connectivity index (χ0) is 19.6. The molecule has 0 unspecified atom stereocenters. The van der Waals surface area contributed by atoms with E-state index in [1.165, 1.54) is 25.8 Å². The topological polar surface area (TPSA) is 46.6 Å². The minimum atomic E-state index is 0. The molecule has 0 bridgehead atoms. The SMILES string of the molecule is CCN(CC)CCCCCCNc1cc(OC)c(OC)c2c(C)ccnc12.Cl.Cl. The number of aryl methyl sites for hydroxylation is 1. The smallest absolute Gasteiger partial charge is 0.170 e. The van der Waals surface area contributed by atoms with E-state index in [1.54, 1.807) is 14.2 Å². The number of rotatable bonds is 12. The number of nitrogens with one attached hydrogen (secondary N) is 1. The quantitative estimate of drug-likeness (QED) is 0.423. The van der Waals surface area contributed by atoms with Gasteiger partial charge in [0.2, 0.25) is 0 Å². The molecule has 7 heteroatoms. The largest absolute Gasteiger partial charge is 0.493 e. The van der Waals surface area contributed by atoms with Crippen LogP contribution >= 0.6 is 24.8 Å². The summed E-state index contributed by atoms with van der Waals surface area (Å²) in [6, 6.07) is 4.00. The zero-order valence-corrected chi connectivity index (χ0v) is 20.0. The number of methoxy groups -OCH3 is 2. The lowest BCUT2D eigenvalue weighted by atomic mass is 10.1. The van der Waals surface area contributed by atoms with Gasteiger partial charge in [-0.3, -0.25) is 4.98 Å². The van der Waals surface area contributed by atoms with E-state index in [0.717, 1.165) is 59.7 Å². The van der Waals surface area contributed by atoms with Crippen molar-refractivity contribution in [3.8, 4) is 11.5 Å². The van der Waals surface area contributed by atoms with Gasteiger partial charge in [0.25, 0.3) is 0 Å². The van der Waals surface area contributed by atoms with Crippen LogP contribution in [-0.4, -0.2) is 50.3 Å². The Hall–Kier alpha value is -1.43. The van der Waals surface area contributed by atoms with Gasteiger partial charge in [-0.05, 0) is 51.0 Å². The summed E-state index contributed by atoms with van der Waals surface area (Å²) in [4.78, 5) is 7.08. The molecule has 2 aromatic rings. The highest BCUT2D eigenvalue weighted by Gasteiger charge is 2.16. The van der Waals surface area contributed by atoms with Gasteiger partial charge >= 0.3 is 0 Å². The number of hydrogen-bond donors (Lipinski definition) is 1. The van der Waals surface area contributed by atoms with Crippen molar-refractivity contribution in [1.29, 1.82) is 0 Å². The van der Waals surface area contributed by atoms with E-state index in [2.05, 4.69) is 36.0 Å². The zero-order valence-electron chi connectivity index (χ0n) is 18.4. The van der Waals surface area contributed by atoms with Crippen LogP contribution in [0.3, 0.4) is 0 Å². The highest BCUT2D eigenvalue weighted by atomic mass is 35.5. The molecule has 0 spiro atoms. The van der Waals surface area contributed by atoms with E-state index in [4.69, 9.17) is 9.47 Å². The Bertz CT molecular complexity index is 725. The number of ether oxygens (including phenoxy) is 2. The Kier molecular flexibility index (Phi) is 13.8. The molecule has 29 heavy (non-hydrogen) atoms. The summed E-state index contributed by atoms with van der Waals surface area (Å²) in [5.74, 6) is 1.49. The van der Waals surface area contributed by atoms with Crippen molar-refractivity contribution in [2.75, 3.05) is 45.7 Å². The Morgan fingerprint density at radius 2 is 1.69 bits per heavy atom. The van der Waals surface area contributed by atoms with E-state index in [1.807, 2.05) is 18.3 Å². The van der Waals surface area contributed by atoms with Gasteiger partial charge in [-0.25, -0.2) is 0 Å². The van der Waals surface area contributed by atoms with Crippen molar-refractivity contribution in [3.05, 3.63) is 23.9 Å². The van der Waals surface area contributed by atoms with E-state index in [0.29, 0.717) is 0 Å². The van der Waals surface area contributed by atoms with Crippen LogP contribution in [0.25, 0.3) is 10.9 Å². The van der Waals surface area contributed by atoms with Gasteiger partial charge in [-0.15, -0.1) is 24.8 Å². The van der Waals surface area contributed by atoms with Crippen LogP contribution in [0.5, 0.6) is 11.5 Å². The van der Waals surface area contributed by atoms with E-state index in [-0.39, 0.29) is 24.8 Å². The highest BCUT2D eigenvalue weighted by molar-refractivity contribution is 5.99. The fourth-order valence-corrected chi connectivity index (χ4v) is 3.50. The maximum Gasteiger partial charge on any atom is 0.170 e. The molecule has 166 valence electrons. The molecule has 0 aliphatic heterocycles. The van der Waals surface area contributed by atoms with Crippen LogP contribution in [0.2, 0.25) is 0 Å². The Morgan fingerprint density at radius 1 is 1.00 bits per heavy atom. The molecule has 0 aliphatic rings. The second-order valence-corrected chi connectivity index (χ2v) is 6.88. The van der Waals surface area contributed by atoms with Crippen LogP contribution in [0.1, 0.15) is 45.1 Å².